The summed E-state index contributed by atoms with van der Waals surface area (Å²) >= 11 is 0. The third-order valence-electron chi connectivity index (χ3n) is 6.81. The number of rotatable bonds is 8. The van der Waals surface area contributed by atoms with Gasteiger partial charge in [0.2, 0.25) is 0 Å². The second kappa shape index (κ2) is 14.7. The molecule has 2 rings (SSSR count). The number of piperidine rings is 2. The van der Waals surface area contributed by atoms with E-state index in [9.17, 15) is 14.4 Å². The molecule has 0 saturated carbocycles. The van der Waals surface area contributed by atoms with Crippen LogP contribution in [0.4, 0.5) is 4.79 Å². The number of nitrogens with one attached hydrogen (secondary N) is 1. The van der Waals surface area contributed by atoms with Crippen LogP contribution in [0.5, 0.6) is 0 Å². The van der Waals surface area contributed by atoms with Gasteiger partial charge in [-0.05, 0) is 86.2 Å². The van der Waals surface area contributed by atoms with E-state index in [1.54, 1.807) is 4.90 Å². The van der Waals surface area contributed by atoms with Gasteiger partial charge in [-0.25, -0.2) is 4.79 Å². The Labute approximate surface area is 212 Å². The summed E-state index contributed by atoms with van der Waals surface area (Å²) in [5.74, 6) is -0.0981. The lowest BCUT2D eigenvalue weighted by Crippen LogP contribution is -2.48. The predicted octanol–water partition coefficient (Wildman–Crippen LogP) is 5.09. The van der Waals surface area contributed by atoms with Crippen LogP contribution in [0.3, 0.4) is 0 Å². The molecule has 8 nitrogen and oxygen atoms in total. The molecule has 0 atom stereocenters. The maximum atomic E-state index is 12.3. The molecule has 0 radical (unpaired) electrons. The number of carbonyl (C=O) groups excluding carboxylic acids is 3. The third kappa shape index (κ3) is 9.62. The molecule has 1 N–H and O–H groups in total. The fraction of sp³-hybridized carbons (Fsp3) is 0.889. The summed E-state index contributed by atoms with van der Waals surface area (Å²) in [6.45, 7) is 17.4. The average molecular weight is 499 g/mol. The Bertz CT molecular complexity index is 654. The van der Waals surface area contributed by atoms with Gasteiger partial charge in [-0.1, -0.05) is 26.7 Å². The summed E-state index contributed by atoms with van der Waals surface area (Å²) in [4.78, 5) is 37.9. The number of carbonyl (C=O) groups is 3. The number of hydrogen-bond acceptors (Lipinski definition) is 7. The van der Waals surface area contributed by atoms with Crippen molar-refractivity contribution >= 4 is 18.0 Å². The first-order valence-corrected chi connectivity index (χ1v) is 13.5. The van der Waals surface area contributed by atoms with E-state index in [0.717, 1.165) is 51.6 Å². The third-order valence-corrected chi connectivity index (χ3v) is 6.81. The molecule has 0 spiro atoms. The van der Waals surface area contributed by atoms with Crippen molar-refractivity contribution in [1.82, 2.24) is 10.2 Å². The van der Waals surface area contributed by atoms with E-state index in [4.69, 9.17) is 14.2 Å². The van der Waals surface area contributed by atoms with E-state index >= 15 is 0 Å². The highest BCUT2D eigenvalue weighted by molar-refractivity contribution is 5.78. The lowest BCUT2D eigenvalue weighted by molar-refractivity contribution is -0.159. The Hall–Kier alpha value is -1.83. The molecule has 0 aromatic rings. The van der Waals surface area contributed by atoms with Crippen molar-refractivity contribution in [1.29, 1.82) is 0 Å². The quantitative estimate of drug-likeness (QED) is 0.368. The standard InChI is InChI=1S/C16H29NO4.C11H21NO2/c1-6-8-16(13(18)20-7-2)9-11-17(12-10-16)14(19)21-15(3,4)5;1-3-5-11(10(13)14-4-2)6-8-12-9-7-11/h6-12H2,1-5H3;12H,3-9H2,1-2H3. The van der Waals surface area contributed by atoms with Crippen LogP contribution < -0.4 is 5.32 Å². The van der Waals surface area contributed by atoms with Crippen LogP contribution in [0.2, 0.25) is 0 Å². The van der Waals surface area contributed by atoms with Gasteiger partial charge in [-0.3, -0.25) is 9.59 Å². The zero-order valence-corrected chi connectivity index (χ0v) is 23.3. The van der Waals surface area contributed by atoms with Crippen molar-refractivity contribution in [2.45, 2.75) is 105 Å². The number of ether oxygens (including phenoxy) is 3. The van der Waals surface area contributed by atoms with Crippen molar-refractivity contribution in [3.63, 3.8) is 0 Å². The molecule has 0 aromatic carbocycles. The molecule has 2 heterocycles. The molecule has 0 aromatic heterocycles. The molecule has 8 heteroatoms. The van der Waals surface area contributed by atoms with Gasteiger partial charge < -0.3 is 24.4 Å². The minimum atomic E-state index is -0.490. The Morgan fingerprint density at radius 3 is 1.57 bits per heavy atom. The molecule has 204 valence electrons. The summed E-state index contributed by atoms with van der Waals surface area (Å²) in [5, 5.41) is 3.29. The van der Waals surface area contributed by atoms with Crippen LogP contribution in [0, 0.1) is 10.8 Å². The maximum Gasteiger partial charge on any atom is 0.410 e. The molecule has 2 aliphatic heterocycles. The normalized spacial score (nSPS) is 19.1. The molecule has 35 heavy (non-hydrogen) atoms. The van der Waals surface area contributed by atoms with Crippen molar-refractivity contribution in [2.75, 3.05) is 39.4 Å². The van der Waals surface area contributed by atoms with Gasteiger partial charge in [0.1, 0.15) is 5.60 Å². The second-order valence-electron chi connectivity index (χ2n) is 10.7. The highest BCUT2D eigenvalue weighted by Crippen LogP contribution is 2.38. The minimum absolute atomic E-state index is 0.0170. The molecule has 2 aliphatic rings. The van der Waals surface area contributed by atoms with Crippen molar-refractivity contribution < 1.29 is 28.6 Å². The smallest absolute Gasteiger partial charge is 0.410 e. The van der Waals surface area contributed by atoms with Gasteiger partial charge >= 0.3 is 18.0 Å². The zero-order valence-electron chi connectivity index (χ0n) is 23.3. The van der Waals surface area contributed by atoms with Gasteiger partial charge in [-0.2, -0.15) is 0 Å². The first-order chi connectivity index (χ1) is 16.5. The summed E-state index contributed by atoms with van der Waals surface area (Å²) < 4.78 is 15.8. The Morgan fingerprint density at radius 2 is 1.20 bits per heavy atom. The summed E-state index contributed by atoms with van der Waals surface area (Å²) in [7, 11) is 0. The summed E-state index contributed by atoms with van der Waals surface area (Å²) in [6, 6.07) is 0. The van der Waals surface area contributed by atoms with E-state index in [1.165, 1.54) is 0 Å². The molecular weight excluding hydrogens is 448 g/mol. The number of likely N-dealkylation sites (tertiary alicyclic amines) is 1. The zero-order chi connectivity index (χ0) is 26.5. The highest BCUT2D eigenvalue weighted by atomic mass is 16.6. The summed E-state index contributed by atoms with van der Waals surface area (Å²) in [5.41, 5.74) is -1.10. The van der Waals surface area contributed by atoms with Gasteiger partial charge in [-0.15, -0.1) is 0 Å². The largest absolute Gasteiger partial charge is 0.466 e. The molecule has 0 unspecified atom stereocenters. The first-order valence-electron chi connectivity index (χ1n) is 13.5. The van der Waals surface area contributed by atoms with E-state index < -0.39 is 11.0 Å². The summed E-state index contributed by atoms with van der Waals surface area (Å²) in [6.07, 6.45) is 6.64. The van der Waals surface area contributed by atoms with Crippen LogP contribution in [0.25, 0.3) is 0 Å². The number of nitrogens with zero attached hydrogens (tertiary/aromatic N) is 1. The Balaban J connectivity index is 0.000000379. The lowest BCUT2D eigenvalue weighted by atomic mass is 9.75. The van der Waals surface area contributed by atoms with Gasteiger partial charge in [0.05, 0.1) is 24.0 Å². The lowest BCUT2D eigenvalue weighted by Gasteiger charge is -2.40. The van der Waals surface area contributed by atoms with Crippen molar-refractivity contribution in [2.24, 2.45) is 10.8 Å². The molecule has 2 saturated heterocycles. The first kappa shape index (κ1) is 31.2. The van der Waals surface area contributed by atoms with Crippen LogP contribution in [-0.2, 0) is 23.8 Å². The number of hydrogen-bond donors (Lipinski definition) is 1. The molecule has 0 bridgehead atoms. The molecular formula is C27H50N2O6. The average Bonchev–Trinajstić information content (AvgIpc) is 2.80. The molecule has 1 amide bonds. The number of esters is 2. The van der Waals surface area contributed by atoms with Crippen LogP contribution >= 0.6 is 0 Å². The van der Waals surface area contributed by atoms with E-state index in [2.05, 4.69) is 19.2 Å². The van der Waals surface area contributed by atoms with Crippen LogP contribution in [0.1, 0.15) is 99.8 Å². The fourth-order valence-electron chi connectivity index (χ4n) is 4.99. The van der Waals surface area contributed by atoms with Gasteiger partial charge in [0.15, 0.2) is 0 Å². The fourth-order valence-corrected chi connectivity index (χ4v) is 4.99. The second-order valence-corrected chi connectivity index (χ2v) is 10.7. The Morgan fingerprint density at radius 1 is 0.771 bits per heavy atom. The van der Waals surface area contributed by atoms with Gasteiger partial charge in [0.25, 0.3) is 0 Å². The molecule has 2 fully saturated rings. The van der Waals surface area contributed by atoms with Crippen LogP contribution in [-0.4, -0.2) is 67.9 Å². The maximum absolute atomic E-state index is 12.3. The van der Waals surface area contributed by atoms with Crippen molar-refractivity contribution in [3.05, 3.63) is 0 Å². The van der Waals surface area contributed by atoms with Crippen LogP contribution in [0.15, 0.2) is 0 Å². The van der Waals surface area contributed by atoms with Gasteiger partial charge in [0, 0.05) is 13.1 Å². The predicted molar refractivity (Wildman–Crippen MR) is 137 cm³/mol. The highest BCUT2D eigenvalue weighted by Gasteiger charge is 2.43. The van der Waals surface area contributed by atoms with E-state index in [0.29, 0.717) is 39.1 Å². The van der Waals surface area contributed by atoms with E-state index in [1.807, 2.05) is 34.6 Å². The SMILES string of the molecule is CCCC1(C(=O)OCC)CCN(C(=O)OC(C)(C)C)CC1.CCCC1(C(=O)OCC)CCNCC1. The minimum Gasteiger partial charge on any atom is -0.466 e. The molecule has 0 aliphatic carbocycles. The van der Waals surface area contributed by atoms with E-state index in [-0.39, 0.29) is 23.4 Å². The monoisotopic (exact) mass is 498 g/mol. The van der Waals surface area contributed by atoms with Crippen molar-refractivity contribution in [3.8, 4) is 0 Å². The Kier molecular flexibility index (Phi) is 13.1. The topological polar surface area (TPSA) is 94.2 Å². The number of amides is 1.